The van der Waals surface area contributed by atoms with E-state index in [1.807, 2.05) is 72.6 Å². The molecule has 0 atom stereocenters. The van der Waals surface area contributed by atoms with Crippen LogP contribution in [0.25, 0.3) is 0 Å². The minimum Gasteiger partial charge on any atom is -0.497 e. The Morgan fingerprint density at radius 1 is 1.00 bits per heavy atom. The van der Waals surface area contributed by atoms with Crippen LogP contribution in [0, 0.1) is 0 Å². The van der Waals surface area contributed by atoms with Crippen molar-refractivity contribution < 1.29 is 9.53 Å². The lowest BCUT2D eigenvalue weighted by Gasteiger charge is -2.24. The quantitative estimate of drug-likeness (QED) is 0.637. The van der Waals surface area contributed by atoms with E-state index in [4.69, 9.17) is 4.74 Å². The van der Waals surface area contributed by atoms with Gasteiger partial charge in [0, 0.05) is 31.5 Å². The zero-order chi connectivity index (χ0) is 19.8. The maximum atomic E-state index is 12.6. The minimum absolute atomic E-state index is 0.0551. The van der Waals surface area contributed by atoms with Gasteiger partial charge in [-0.25, -0.2) is 4.79 Å². The molecule has 0 bridgehead atoms. The molecule has 0 saturated heterocycles. The fourth-order valence-corrected chi connectivity index (χ4v) is 3.18. The van der Waals surface area contributed by atoms with Crippen molar-refractivity contribution in [2.45, 2.75) is 26.6 Å². The molecule has 5 heteroatoms. The summed E-state index contributed by atoms with van der Waals surface area (Å²) in [5, 5.41) is 2.92. The van der Waals surface area contributed by atoms with Gasteiger partial charge in [-0.15, -0.1) is 0 Å². The van der Waals surface area contributed by atoms with Crippen molar-refractivity contribution >= 4 is 6.03 Å². The van der Waals surface area contributed by atoms with Crippen LogP contribution in [0.3, 0.4) is 0 Å². The second-order valence-corrected chi connectivity index (χ2v) is 6.66. The lowest BCUT2D eigenvalue weighted by Crippen LogP contribution is -2.39. The third kappa shape index (κ3) is 5.16. The second-order valence-electron chi connectivity index (χ2n) is 6.66. The van der Waals surface area contributed by atoms with E-state index in [1.54, 1.807) is 7.11 Å². The predicted molar refractivity (Wildman–Crippen MR) is 111 cm³/mol. The molecule has 2 aromatic carbocycles. The molecular formula is C23H27N3O2. The molecule has 3 rings (SSSR count). The van der Waals surface area contributed by atoms with E-state index in [2.05, 4.69) is 22.0 Å². The van der Waals surface area contributed by atoms with Crippen LogP contribution in [0.2, 0.25) is 0 Å². The fourth-order valence-electron chi connectivity index (χ4n) is 3.18. The molecule has 0 spiro atoms. The number of urea groups is 1. The van der Waals surface area contributed by atoms with Crippen LogP contribution in [0.4, 0.5) is 4.79 Å². The Balaban J connectivity index is 1.77. The first kappa shape index (κ1) is 19.5. The van der Waals surface area contributed by atoms with Gasteiger partial charge in [0.25, 0.3) is 0 Å². The standard InChI is InChI=1S/C23H27N3O2/c1-3-24-23(27)26(16-19-9-5-4-6-10-19)18-21-12-8-14-25(21)17-20-11-7-13-22(15-20)28-2/h4-15H,3,16-18H2,1-2H3,(H,24,27). The summed E-state index contributed by atoms with van der Waals surface area (Å²) in [6.45, 7) is 4.38. The predicted octanol–water partition coefficient (Wildman–Crippen LogP) is 4.28. The first-order valence-electron chi connectivity index (χ1n) is 9.53. The van der Waals surface area contributed by atoms with Crippen LogP contribution in [-0.2, 0) is 19.6 Å². The fraction of sp³-hybridized carbons (Fsp3) is 0.261. The van der Waals surface area contributed by atoms with Gasteiger partial charge in [0.15, 0.2) is 0 Å². The summed E-state index contributed by atoms with van der Waals surface area (Å²) in [4.78, 5) is 14.5. The van der Waals surface area contributed by atoms with Gasteiger partial charge < -0.3 is 19.5 Å². The highest BCUT2D eigenvalue weighted by molar-refractivity contribution is 5.74. The molecule has 28 heavy (non-hydrogen) atoms. The Morgan fingerprint density at radius 3 is 2.54 bits per heavy atom. The van der Waals surface area contributed by atoms with Crippen molar-refractivity contribution in [2.24, 2.45) is 0 Å². The van der Waals surface area contributed by atoms with Gasteiger partial charge in [-0.1, -0.05) is 42.5 Å². The molecule has 0 aliphatic rings. The summed E-state index contributed by atoms with van der Waals surface area (Å²) in [6.07, 6.45) is 2.05. The SMILES string of the molecule is CCNC(=O)N(Cc1ccccc1)Cc1cccn1Cc1cccc(OC)c1. The topological polar surface area (TPSA) is 46.5 Å². The molecule has 0 fully saturated rings. The molecule has 3 aromatic rings. The number of amides is 2. The number of ether oxygens (including phenoxy) is 1. The number of aromatic nitrogens is 1. The van der Waals surface area contributed by atoms with Crippen molar-refractivity contribution in [1.29, 1.82) is 0 Å². The van der Waals surface area contributed by atoms with Gasteiger partial charge in [-0.2, -0.15) is 0 Å². The lowest BCUT2D eigenvalue weighted by molar-refractivity contribution is 0.191. The van der Waals surface area contributed by atoms with E-state index < -0.39 is 0 Å². The number of methoxy groups -OCH3 is 1. The third-order valence-electron chi connectivity index (χ3n) is 4.59. The molecule has 1 N–H and O–H groups in total. The van der Waals surface area contributed by atoms with E-state index in [-0.39, 0.29) is 6.03 Å². The molecule has 0 aliphatic carbocycles. The van der Waals surface area contributed by atoms with Crippen molar-refractivity contribution in [1.82, 2.24) is 14.8 Å². The average molecular weight is 377 g/mol. The van der Waals surface area contributed by atoms with Gasteiger partial charge in [-0.3, -0.25) is 0 Å². The van der Waals surface area contributed by atoms with Crippen LogP contribution in [-0.4, -0.2) is 29.2 Å². The van der Waals surface area contributed by atoms with Crippen molar-refractivity contribution in [2.75, 3.05) is 13.7 Å². The van der Waals surface area contributed by atoms with E-state index >= 15 is 0 Å². The van der Waals surface area contributed by atoms with Crippen LogP contribution in [0.15, 0.2) is 72.9 Å². The maximum absolute atomic E-state index is 12.6. The first-order valence-corrected chi connectivity index (χ1v) is 9.53. The van der Waals surface area contributed by atoms with Crippen LogP contribution < -0.4 is 10.1 Å². The Kier molecular flexibility index (Phi) is 6.73. The summed E-state index contributed by atoms with van der Waals surface area (Å²) in [5.41, 5.74) is 3.36. The van der Waals surface area contributed by atoms with Gasteiger partial charge in [0.1, 0.15) is 5.75 Å². The van der Waals surface area contributed by atoms with Crippen molar-refractivity contribution in [3.8, 4) is 5.75 Å². The molecule has 2 amide bonds. The normalized spacial score (nSPS) is 10.5. The van der Waals surface area contributed by atoms with Gasteiger partial charge >= 0.3 is 6.03 Å². The van der Waals surface area contributed by atoms with E-state index in [9.17, 15) is 4.79 Å². The molecular weight excluding hydrogens is 350 g/mol. The molecule has 0 radical (unpaired) electrons. The zero-order valence-corrected chi connectivity index (χ0v) is 16.5. The van der Waals surface area contributed by atoms with Crippen molar-refractivity contribution in [3.63, 3.8) is 0 Å². The number of carbonyl (C=O) groups is 1. The summed E-state index contributed by atoms with van der Waals surface area (Å²) in [7, 11) is 1.67. The Morgan fingerprint density at radius 2 is 1.79 bits per heavy atom. The van der Waals surface area contributed by atoms with Gasteiger partial charge in [0.2, 0.25) is 0 Å². The first-order chi connectivity index (χ1) is 13.7. The minimum atomic E-state index is -0.0551. The average Bonchev–Trinajstić information content (AvgIpc) is 3.15. The van der Waals surface area contributed by atoms with Gasteiger partial charge in [0.05, 0.1) is 13.7 Å². The summed E-state index contributed by atoms with van der Waals surface area (Å²) >= 11 is 0. The Labute approximate surface area is 166 Å². The third-order valence-corrected chi connectivity index (χ3v) is 4.59. The Hall–Kier alpha value is -3.21. The van der Waals surface area contributed by atoms with Crippen molar-refractivity contribution in [3.05, 3.63) is 89.7 Å². The smallest absolute Gasteiger partial charge is 0.318 e. The largest absolute Gasteiger partial charge is 0.497 e. The highest BCUT2D eigenvalue weighted by Crippen LogP contribution is 2.17. The van der Waals surface area contributed by atoms with Crippen LogP contribution >= 0.6 is 0 Å². The Bertz CT molecular complexity index is 890. The number of nitrogens with one attached hydrogen (secondary N) is 1. The van der Waals surface area contributed by atoms with E-state index in [0.29, 0.717) is 19.6 Å². The number of hydrogen-bond donors (Lipinski definition) is 1. The maximum Gasteiger partial charge on any atom is 0.318 e. The zero-order valence-electron chi connectivity index (χ0n) is 16.5. The highest BCUT2D eigenvalue weighted by Gasteiger charge is 2.16. The molecule has 5 nitrogen and oxygen atoms in total. The molecule has 0 unspecified atom stereocenters. The summed E-state index contributed by atoms with van der Waals surface area (Å²) in [5.74, 6) is 0.847. The molecule has 1 aromatic heterocycles. The highest BCUT2D eigenvalue weighted by atomic mass is 16.5. The monoisotopic (exact) mass is 377 g/mol. The van der Waals surface area contributed by atoms with E-state index in [1.165, 1.54) is 0 Å². The summed E-state index contributed by atoms with van der Waals surface area (Å²) < 4.78 is 7.50. The molecule has 1 heterocycles. The van der Waals surface area contributed by atoms with Crippen LogP contribution in [0.5, 0.6) is 5.75 Å². The summed E-state index contributed by atoms with van der Waals surface area (Å²) in [6, 6.07) is 22.2. The lowest BCUT2D eigenvalue weighted by atomic mass is 10.2. The van der Waals surface area contributed by atoms with E-state index in [0.717, 1.165) is 29.1 Å². The number of benzene rings is 2. The number of hydrogen-bond acceptors (Lipinski definition) is 2. The number of nitrogens with zero attached hydrogens (tertiary/aromatic N) is 2. The van der Waals surface area contributed by atoms with Gasteiger partial charge in [-0.05, 0) is 42.3 Å². The van der Waals surface area contributed by atoms with Crippen LogP contribution in [0.1, 0.15) is 23.7 Å². The number of carbonyl (C=O) groups excluding carboxylic acids is 1. The number of rotatable bonds is 8. The molecule has 0 aliphatic heterocycles. The molecule has 146 valence electrons. The molecule has 0 saturated carbocycles. The second kappa shape index (κ2) is 9.65.